The van der Waals surface area contributed by atoms with Crippen LogP contribution in [0.1, 0.15) is 24.2 Å². The molecule has 2 aromatic rings. The number of anilines is 1. The van der Waals surface area contributed by atoms with E-state index in [0.717, 1.165) is 0 Å². The van der Waals surface area contributed by atoms with Crippen LogP contribution < -0.4 is 20.1 Å². The van der Waals surface area contributed by atoms with Gasteiger partial charge in [-0.15, -0.1) is 0 Å². The average Bonchev–Trinajstić information content (AvgIpc) is 2.73. The van der Waals surface area contributed by atoms with Crippen molar-refractivity contribution in [1.29, 1.82) is 0 Å². The summed E-state index contributed by atoms with van der Waals surface area (Å²) in [6, 6.07) is 9.26. The second-order valence-electron chi connectivity index (χ2n) is 7.21. The van der Waals surface area contributed by atoms with Crippen LogP contribution in [-0.2, 0) is 9.59 Å². The third kappa shape index (κ3) is 7.32. The lowest BCUT2D eigenvalue weighted by molar-refractivity contribution is -0.123. The highest BCUT2D eigenvalue weighted by Gasteiger charge is 2.18. The first-order chi connectivity index (χ1) is 15.1. The number of rotatable bonds is 9. The number of methoxy groups -OCH3 is 1. The maximum absolute atomic E-state index is 12.7. The molecule has 0 unspecified atom stereocenters. The van der Waals surface area contributed by atoms with Gasteiger partial charge < -0.3 is 25.0 Å². The van der Waals surface area contributed by atoms with E-state index in [1.165, 1.54) is 37.3 Å². The summed E-state index contributed by atoms with van der Waals surface area (Å²) >= 11 is 11.8. The molecular formula is C22H25Cl2N3O5. The van der Waals surface area contributed by atoms with Crippen LogP contribution in [0.5, 0.6) is 11.5 Å². The van der Waals surface area contributed by atoms with Crippen LogP contribution in [0.25, 0.3) is 0 Å². The van der Waals surface area contributed by atoms with Crippen molar-refractivity contribution in [3.63, 3.8) is 0 Å². The standard InChI is InChI=1S/C22H25Cl2N3O5/c1-13(2)25-21(29)12-32-18-8-5-14(9-19(18)31-4)22(30)27(3)11-20(28)26-15-6-7-16(23)17(24)10-15/h5-10,13H,11-12H2,1-4H3,(H,25,29)(H,26,28). The Labute approximate surface area is 196 Å². The third-order valence-electron chi connectivity index (χ3n) is 4.15. The van der Waals surface area contributed by atoms with E-state index in [2.05, 4.69) is 10.6 Å². The molecule has 3 amide bonds. The fourth-order valence-corrected chi connectivity index (χ4v) is 3.01. The summed E-state index contributed by atoms with van der Waals surface area (Å²) in [7, 11) is 2.93. The molecule has 0 heterocycles. The minimum Gasteiger partial charge on any atom is -0.493 e. The number of ether oxygens (including phenoxy) is 2. The smallest absolute Gasteiger partial charge is 0.258 e. The number of carbonyl (C=O) groups excluding carboxylic acids is 3. The summed E-state index contributed by atoms with van der Waals surface area (Å²) in [4.78, 5) is 38.1. The Morgan fingerprint density at radius 1 is 1.00 bits per heavy atom. The van der Waals surface area contributed by atoms with E-state index in [0.29, 0.717) is 32.8 Å². The van der Waals surface area contributed by atoms with Gasteiger partial charge in [0.2, 0.25) is 5.91 Å². The maximum atomic E-state index is 12.7. The molecule has 0 aromatic heterocycles. The number of halogens is 2. The van der Waals surface area contributed by atoms with E-state index in [4.69, 9.17) is 32.7 Å². The monoisotopic (exact) mass is 481 g/mol. The number of nitrogens with one attached hydrogen (secondary N) is 2. The molecule has 10 heteroatoms. The van der Waals surface area contributed by atoms with E-state index < -0.39 is 11.8 Å². The molecule has 172 valence electrons. The van der Waals surface area contributed by atoms with Gasteiger partial charge in [0.15, 0.2) is 18.1 Å². The molecule has 8 nitrogen and oxygen atoms in total. The number of amides is 3. The van der Waals surface area contributed by atoms with E-state index in [1.54, 1.807) is 18.2 Å². The highest BCUT2D eigenvalue weighted by atomic mass is 35.5. The summed E-state index contributed by atoms with van der Waals surface area (Å²) in [5, 5.41) is 6.06. The Morgan fingerprint density at radius 2 is 1.72 bits per heavy atom. The second kappa shape index (κ2) is 11.6. The molecule has 0 radical (unpaired) electrons. The average molecular weight is 482 g/mol. The molecule has 2 aromatic carbocycles. The van der Waals surface area contributed by atoms with Crippen LogP contribution in [0.2, 0.25) is 10.0 Å². The highest BCUT2D eigenvalue weighted by molar-refractivity contribution is 6.42. The van der Waals surface area contributed by atoms with Crippen molar-refractivity contribution in [2.75, 3.05) is 32.6 Å². The third-order valence-corrected chi connectivity index (χ3v) is 4.89. The van der Waals surface area contributed by atoms with Gasteiger partial charge >= 0.3 is 0 Å². The number of carbonyl (C=O) groups is 3. The second-order valence-corrected chi connectivity index (χ2v) is 8.03. The van der Waals surface area contributed by atoms with Crippen LogP contribution in [-0.4, -0.2) is 56.0 Å². The molecule has 0 spiro atoms. The van der Waals surface area contributed by atoms with E-state index in [1.807, 2.05) is 13.8 Å². The zero-order valence-corrected chi connectivity index (χ0v) is 19.7. The van der Waals surface area contributed by atoms with Gasteiger partial charge in [-0.1, -0.05) is 23.2 Å². The van der Waals surface area contributed by atoms with Gasteiger partial charge in [-0.05, 0) is 50.2 Å². The van der Waals surface area contributed by atoms with Crippen molar-refractivity contribution in [3.8, 4) is 11.5 Å². The molecule has 0 aliphatic heterocycles. The molecule has 0 atom stereocenters. The van der Waals surface area contributed by atoms with Crippen LogP contribution in [0.15, 0.2) is 36.4 Å². The normalized spacial score (nSPS) is 10.5. The fraction of sp³-hybridized carbons (Fsp3) is 0.318. The van der Waals surface area contributed by atoms with Gasteiger partial charge in [-0.2, -0.15) is 0 Å². The molecule has 0 saturated heterocycles. The molecule has 0 aliphatic carbocycles. The van der Waals surface area contributed by atoms with Crippen LogP contribution in [0.4, 0.5) is 5.69 Å². The van der Waals surface area contributed by atoms with E-state index in [9.17, 15) is 14.4 Å². The van der Waals surface area contributed by atoms with Gasteiger partial charge in [-0.3, -0.25) is 14.4 Å². The lowest BCUT2D eigenvalue weighted by Crippen LogP contribution is -2.35. The highest BCUT2D eigenvalue weighted by Crippen LogP contribution is 2.28. The first kappa shape index (κ1) is 25.3. The Morgan fingerprint density at radius 3 is 2.34 bits per heavy atom. The summed E-state index contributed by atoms with van der Waals surface area (Å²) in [6.45, 7) is 3.33. The van der Waals surface area contributed by atoms with E-state index in [-0.39, 0.29) is 25.1 Å². The first-order valence-electron chi connectivity index (χ1n) is 9.71. The van der Waals surface area contributed by atoms with Gasteiger partial charge in [-0.25, -0.2) is 0 Å². The number of likely N-dealkylation sites (N-methyl/N-ethyl adjacent to an activating group) is 1. The number of hydrogen-bond acceptors (Lipinski definition) is 5. The topological polar surface area (TPSA) is 97.0 Å². The Balaban J connectivity index is 2.00. The maximum Gasteiger partial charge on any atom is 0.258 e. The molecule has 0 saturated carbocycles. The molecule has 0 fully saturated rings. The number of benzene rings is 2. The van der Waals surface area contributed by atoms with Crippen LogP contribution >= 0.6 is 23.2 Å². The van der Waals surface area contributed by atoms with Gasteiger partial charge in [0, 0.05) is 24.3 Å². The summed E-state index contributed by atoms with van der Waals surface area (Å²) in [5.74, 6) is -0.446. The van der Waals surface area contributed by atoms with Crippen molar-refractivity contribution in [1.82, 2.24) is 10.2 Å². The van der Waals surface area contributed by atoms with Crippen LogP contribution in [0, 0.1) is 0 Å². The predicted octanol–water partition coefficient (Wildman–Crippen LogP) is 3.62. The van der Waals surface area contributed by atoms with Gasteiger partial charge in [0.05, 0.1) is 23.7 Å². The molecular weight excluding hydrogens is 457 g/mol. The lowest BCUT2D eigenvalue weighted by atomic mass is 10.1. The minimum absolute atomic E-state index is 0.00240. The summed E-state index contributed by atoms with van der Waals surface area (Å²) in [5.41, 5.74) is 0.764. The van der Waals surface area contributed by atoms with Crippen molar-refractivity contribution < 1.29 is 23.9 Å². The minimum atomic E-state index is -0.401. The molecule has 0 aliphatic rings. The first-order valence-corrected chi connectivity index (χ1v) is 10.5. The summed E-state index contributed by atoms with van der Waals surface area (Å²) in [6.07, 6.45) is 0. The molecule has 2 N–H and O–H groups in total. The quantitative estimate of drug-likeness (QED) is 0.569. The number of hydrogen-bond donors (Lipinski definition) is 2. The SMILES string of the molecule is COc1cc(C(=O)N(C)CC(=O)Nc2ccc(Cl)c(Cl)c2)ccc1OCC(=O)NC(C)C. The lowest BCUT2D eigenvalue weighted by Gasteiger charge is -2.18. The van der Waals surface area contributed by atoms with Crippen LogP contribution in [0.3, 0.4) is 0 Å². The number of nitrogens with zero attached hydrogens (tertiary/aromatic N) is 1. The van der Waals surface area contributed by atoms with Gasteiger partial charge in [0.25, 0.3) is 11.8 Å². The zero-order chi connectivity index (χ0) is 23.8. The molecule has 0 bridgehead atoms. The van der Waals surface area contributed by atoms with E-state index >= 15 is 0 Å². The zero-order valence-electron chi connectivity index (χ0n) is 18.2. The molecule has 2 rings (SSSR count). The fourth-order valence-electron chi connectivity index (χ4n) is 2.71. The van der Waals surface area contributed by atoms with Crippen molar-refractivity contribution in [2.24, 2.45) is 0 Å². The van der Waals surface area contributed by atoms with Crippen molar-refractivity contribution >= 4 is 46.6 Å². The van der Waals surface area contributed by atoms with Crippen molar-refractivity contribution in [3.05, 3.63) is 52.0 Å². The van der Waals surface area contributed by atoms with Crippen molar-refractivity contribution in [2.45, 2.75) is 19.9 Å². The van der Waals surface area contributed by atoms with Gasteiger partial charge in [0.1, 0.15) is 0 Å². The molecule has 32 heavy (non-hydrogen) atoms. The Bertz CT molecular complexity index is 998. The predicted molar refractivity (Wildman–Crippen MR) is 124 cm³/mol. The Kier molecular flexibility index (Phi) is 9.16. The Hall–Kier alpha value is -2.97. The summed E-state index contributed by atoms with van der Waals surface area (Å²) < 4.78 is 10.8. The largest absolute Gasteiger partial charge is 0.493 e.